The molecule has 0 radical (unpaired) electrons. The number of benzene rings is 2. The van der Waals surface area contributed by atoms with Gasteiger partial charge in [-0.25, -0.2) is 13.8 Å². The van der Waals surface area contributed by atoms with E-state index >= 15 is 0 Å². The van der Waals surface area contributed by atoms with Crippen molar-refractivity contribution in [3.8, 4) is 6.07 Å². The highest BCUT2D eigenvalue weighted by Crippen LogP contribution is 2.33. The minimum absolute atomic E-state index is 0.231. The van der Waals surface area contributed by atoms with E-state index in [-0.39, 0.29) is 12.2 Å². The first-order chi connectivity index (χ1) is 13.8. The van der Waals surface area contributed by atoms with Crippen LogP contribution >= 0.6 is 35.0 Å². The predicted molar refractivity (Wildman–Crippen MR) is 114 cm³/mol. The highest BCUT2D eigenvalue weighted by Gasteiger charge is 2.19. The second-order valence-corrected chi connectivity index (χ2v) is 8.24. The molecule has 0 aliphatic rings. The Balaban J connectivity index is 1.97. The summed E-state index contributed by atoms with van der Waals surface area (Å²) in [5.74, 6) is -0.560. The van der Waals surface area contributed by atoms with Crippen molar-refractivity contribution in [1.82, 2.24) is 4.98 Å². The van der Waals surface area contributed by atoms with Crippen molar-refractivity contribution in [3.63, 3.8) is 0 Å². The summed E-state index contributed by atoms with van der Waals surface area (Å²) in [6, 6.07) is 11.2. The quantitative estimate of drug-likeness (QED) is 0.392. The van der Waals surface area contributed by atoms with E-state index in [9.17, 15) is 14.0 Å². The third kappa shape index (κ3) is 4.56. The van der Waals surface area contributed by atoms with Crippen LogP contribution < -0.4 is 0 Å². The van der Waals surface area contributed by atoms with E-state index in [1.165, 1.54) is 23.9 Å². The van der Waals surface area contributed by atoms with Crippen LogP contribution in [0.1, 0.15) is 33.5 Å². The SMILES string of the molecule is Cc1nc(SCc2c(F)cccc2Cl)c(C#N)c(C)c1Cc1c(F)cccc1Cl. The Morgan fingerprint density at radius 1 is 0.966 bits per heavy atom. The van der Waals surface area contributed by atoms with Crippen molar-refractivity contribution >= 4 is 35.0 Å². The maximum absolute atomic E-state index is 14.2. The van der Waals surface area contributed by atoms with Crippen LogP contribution in [0.4, 0.5) is 8.78 Å². The lowest BCUT2D eigenvalue weighted by Crippen LogP contribution is -2.05. The largest absolute Gasteiger partial charge is 0.245 e. The molecule has 2 aromatic carbocycles. The minimum atomic E-state index is -0.401. The Labute approximate surface area is 182 Å². The fourth-order valence-corrected chi connectivity index (χ4v) is 4.70. The summed E-state index contributed by atoms with van der Waals surface area (Å²) in [5, 5.41) is 10.8. The molecule has 3 aromatic rings. The third-order valence-corrected chi connectivity index (χ3v) is 6.40. The number of hydrogen-bond donors (Lipinski definition) is 0. The fraction of sp³-hybridized carbons (Fsp3) is 0.182. The number of thioether (sulfide) groups is 1. The Bertz CT molecular complexity index is 1090. The number of pyridine rings is 1. The molecule has 0 aliphatic carbocycles. The van der Waals surface area contributed by atoms with Crippen LogP contribution in [-0.2, 0) is 12.2 Å². The molecular formula is C22H16Cl2F2N2S. The minimum Gasteiger partial charge on any atom is -0.245 e. The van der Waals surface area contributed by atoms with E-state index in [1.807, 2.05) is 0 Å². The number of aryl methyl sites for hydroxylation is 1. The molecule has 1 heterocycles. The van der Waals surface area contributed by atoms with Gasteiger partial charge in [0.1, 0.15) is 22.7 Å². The van der Waals surface area contributed by atoms with Gasteiger partial charge in [0.2, 0.25) is 0 Å². The molecule has 0 N–H and O–H groups in total. The summed E-state index contributed by atoms with van der Waals surface area (Å²) >= 11 is 13.5. The molecule has 0 aliphatic heterocycles. The van der Waals surface area contributed by atoms with Gasteiger partial charge in [-0.15, -0.1) is 11.8 Å². The molecule has 0 fully saturated rings. The van der Waals surface area contributed by atoms with E-state index in [1.54, 1.807) is 38.1 Å². The van der Waals surface area contributed by atoms with Gasteiger partial charge in [-0.2, -0.15) is 5.26 Å². The summed E-state index contributed by atoms with van der Waals surface area (Å²) in [6.45, 7) is 3.61. The standard InChI is InChI=1S/C22H16Cl2F2N2S/c1-12-14(9-15-18(23)5-3-7-20(15)25)13(2)28-22(16(12)10-27)29-11-17-19(24)6-4-8-21(17)26/h3-8H,9,11H2,1-2H3. The van der Waals surface area contributed by atoms with Gasteiger partial charge in [0.15, 0.2) is 0 Å². The highest BCUT2D eigenvalue weighted by molar-refractivity contribution is 7.98. The molecule has 0 atom stereocenters. The fourth-order valence-electron chi connectivity index (χ4n) is 3.04. The smallest absolute Gasteiger partial charge is 0.128 e. The van der Waals surface area contributed by atoms with Gasteiger partial charge < -0.3 is 0 Å². The first kappa shape index (κ1) is 21.6. The van der Waals surface area contributed by atoms with Gasteiger partial charge in [-0.3, -0.25) is 0 Å². The van der Waals surface area contributed by atoms with Crippen molar-refractivity contribution < 1.29 is 8.78 Å². The lowest BCUT2D eigenvalue weighted by Gasteiger charge is -2.15. The zero-order valence-electron chi connectivity index (χ0n) is 15.7. The molecule has 0 unspecified atom stereocenters. The second kappa shape index (κ2) is 9.13. The van der Waals surface area contributed by atoms with Crippen LogP contribution in [0.25, 0.3) is 0 Å². The van der Waals surface area contributed by atoms with Crippen LogP contribution in [0.15, 0.2) is 41.4 Å². The number of nitriles is 1. The van der Waals surface area contributed by atoms with Crippen LogP contribution in [0, 0.1) is 36.8 Å². The Kier molecular flexibility index (Phi) is 6.79. The van der Waals surface area contributed by atoms with Crippen molar-refractivity contribution in [2.24, 2.45) is 0 Å². The Morgan fingerprint density at radius 3 is 2.10 bits per heavy atom. The van der Waals surface area contributed by atoms with Gasteiger partial charge in [-0.05, 0) is 49.2 Å². The molecule has 7 heteroatoms. The number of halogens is 4. The summed E-state index contributed by atoms with van der Waals surface area (Å²) in [7, 11) is 0. The molecule has 0 spiro atoms. The summed E-state index contributed by atoms with van der Waals surface area (Å²) in [6.07, 6.45) is 0.231. The molecule has 1 aromatic heterocycles. The lowest BCUT2D eigenvalue weighted by molar-refractivity contribution is 0.613. The average molecular weight is 449 g/mol. The third-order valence-electron chi connectivity index (χ3n) is 4.69. The topological polar surface area (TPSA) is 36.7 Å². The average Bonchev–Trinajstić information content (AvgIpc) is 2.66. The number of hydrogen-bond acceptors (Lipinski definition) is 3. The number of nitrogens with zero attached hydrogens (tertiary/aromatic N) is 2. The molecular weight excluding hydrogens is 433 g/mol. The first-order valence-electron chi connectivity index (χ1n) is 8.72. The van der Waals surface area contributed by atoms with Crippen molar-refractivity contribution in [1.29, 1.82) is 5.26 Å². The van der Waals surface area contributed by atoms with Gasteiger partial charge in [0, 0.05) is 39.0 Å². The van der Waals surface area contributed by atoms with E-state index in [0.717, 1.165) is 5.56 Å². The summed E-state index contributed by atoms with van der Waals surface area (Å²) < 4.78 is 28.3. The molecule has 0 saturated carbocycles. The first-order valence-corrected chi connectivity index (χ1v) is 10.5. The van der Waals surface area contributed by atoms with Crippen LogP contribution in [0.3, 0.4) is 0 Å². The summed E-state index contributed by atoms with van der Waals surface area (Å²) in [5.41, 5.74) is 3.24. The lowest BCUT2D eigenvalue weighted by atomic mass is 9.96. The van der Waals surface area contributed by atoms with E-state index in [0.29, 0.717) is 43.0 Å². The molecule has 29 heavy (non-hydrogen) atoms. The molecule has 0 saturated heterocycles. The number of rotatable bonds is 5. The van der Waals surface area contributed by atoms with Crippen LogP contribution in [-0.4, -0.2) is 4.98 Å². The second-order valence-electron chi connectivity index (χ2n) is 6.46. The van der Waals surface area contributed by atoms with Crippen molar-refractivity contribution in [2.45, 2.75) is 31.0 Å². The zero-order valence-corrected chi connectivity index (χ0v) is 18.0. The van der Waals surface area contributed by atoms with E-state index < -0.39 is 11.6 Å². The van der Waals surface area contributed by atoms with Gasteiger partial charge in [0.05, 0.1) is 5.56 Å². The van der Waals surface area contributed by atoms with Gasteiger partial charge in [0.25, 0.3) is 0 Å². The van der Waals surface area contributed by atoms with E-state index in [4.69, 9.17) is 23.2 Å². The summed E-state index contributed by atoms with van der Waals surface area (Å²) in [4.78, 5) is 4.54. The highest BCUT2D eigenvalue weighted by atomic mass is 35.5. The van der Waals surface area contributed by atoms with Crippen molar-refractivity contribution in [3.05, 3.63) is 91.6 Å². The molecule has 0 amide bonds. The monoisotopic (exact) mass is 448 g/mol. The van der Waals surface area contributed by atoms with Crippen LogP contribution in [0.2, 0.25) is 10.0 Å². The normalized spacial score (nSPS) is 10.8. The maximum Gasteiger partial charge on any atom is 0.128 e. The van der Waals surface area contributed by atoms with Gasteiger partial charge >= 0.3 is 0 Å². The molecule has 2 nitrogen and oxygen atoms in total. The number of aromatic nitrogens is 1. The van der Waals surface area contributed by atoms with Gasteiger partial charge in [-0.1, -0.05) is 35.3 Å². The van der Waals surface area contributed by atoms with Crippen molar-refractivity contribution in [2.75, 3.05) is 0 Å². The predicted octanol–water partition coefficient (Wildman–Crippen LogP) is 7.04. The Morgan fingerprint density at radius 2 is 1.55 bits per heavy atom. The zero-order chi connectivity index (χ0) is 21.1. The maximum atomic E-state index is 14.2. The molecule has 3 rings (SSSR count). The van der Waals surface area contributed by atoms with Crippen LogP contribution in [0.5, 0.6) is 0 Å². The molecule has 148 valence electrons. The Hall–Kier alpha value is -2.13. The van der Waals surface area contributed by atoms with E-state index in [2.05, 4.69) is 11.1 Å². The molecule has 0 bridgehead atoms.